The van der Waals surface area contributed by atoms with Gasteiger partial charge < -0.3 is 29.3 Å². The number of hydrogen-bond donors (Lipinski definition) is 1. The molecule has 2 aliphatic rings. The largest absolute Gasteiger partial charge is 0.493 e. The maximum atomic E-state index is 13.8. The van der Waals surface area contributed by atoms with Gasteiger partial charge in [0.25, 0.3) is 5.91 Å². The van der Waals surface area contributed by atoms with Gasteiger partial charge in [0.15, 0.2) is 11.5 Å². The van der Waals surface area contributed by atoms with Gasteiger partial charge >= 0.3 is 6.18 Å². The van der Waals surface area contributed by atoms with Crippen LogP contribution in [0.3, 0.4) is 0 Å². The SMILES string of the molecule is COCCCOc1cc(C(=O)N(C[C@@H]2CNC[C@@H]2CN(C(=O)Cc2cccc(C(F)(F)F)c2)C2CC2)C(C)C)ccc1OC. The molecule has 1 aliphatic heterocycles. The summed E-state index contributed by atoms with van der Waals surface area (Å²) in [7, 11) is 3.19. The second-order valence-electron chi connectivity index (χ2n) is 11.9. The summed E-state index contributed by atoms with van der Waals surface area (Å²) in [4.78, 5) is 30.9. The normalized spacial score (nSPS) is 18.4. The van der Waals surface area contributed by atoms with Gasteiger partial charge in [-0.05, 0) is 68.4 Å². The molecule has 44 heavy (non-hydrogen) atoms. The van der Waals surface area contributed by atoms with Crippen molar-refractivity contribution in [3.8, 4) is 11.5 Å². The van der Waals surface area contributed by atoms with Gasteiger partial charge in [0.1, 0.15) is 0 Å². The zero-order valence-corrected chi connectivity index (χ0v) is 26.0. The zero-order chi connectivity index (χ0) is 31.9. The molecule has 1 N–H and O–H groups in total. The average Bonchev–Trinajstić information content (AvgIpc) is 3.74. The Balaban J connectivity index is 1.44. The lowest BCUT2D eigenvalue weighted by Gasteiger charge is -2.34. The van der Waals surface area contributed by atoms with E-state index in [9.17, 15) is 22.8 Å². The summed E-state index contributed by atoms with van der Waals surface area (Å²) in [6, 6.07) is 10.2. The van der Waals surface area contributed by atoms with Crippen molar-refractivity contribution < 1.29 is 37.0 Å². The second-order valence-corrected chi connectivity index (χ2v) is 11.9. The molecule has 2 atom stereocenters. The Morgan fingerprint density at radius 2 is 1.70 bits per heavy atom. The van der Waals surface area contributed by atoms with Gasteiger partial charge in [-0.25, -0.2) is 0 Å². The number of rotatable bonds is 15. The van der Waals surface area contributed by atoms with Crippen LogP contribution in [0.25, 0.3) is 0 Å². The summed E-state index contributed by atoms with van der Waals surface area (Å²) in [5, 5.41) is 3.43. The summed E-state index contributed by atoms with van der Waals surface area (Å²) in [5.41, 5.74) is 0.107. The number of alkyl halides is 3. The van der Waals surface area contributed by atoms with E-state index >= 15 is 0 Å². The van der Waals surface area contributed by atoms with Gasteiger partial charge in [-0.1, -0.05) is 18.2 Å². The molecule has 2 amide bonds. The lowest BCUT2D eigenvalue weighted by atomic mass is 9.93. The lowest BCUT2D eigenvalue weighted by Crippen LogP contribution is -2.45. The van der Waals surface area contributed by atoms with Crippen LogP contribution in [-0.2, 0) is 22.1 Å². The van der Waals surface area contributed by atoms with E-state index in [1.54, 1.807) is 38.5 Å². The van der Waals surface area contributed by atoms with Crippen LogP contribution in [0, 0.1) is 11.8 Å². The number of carbonyl (C=O) groups is 2. The van der Waals surface area contributed by atoms with Gasteiger partial charge in [0, 0.05) is 64.0 Å². The van der Waals surface area contributed by atoms with E-state index in [1.165, 1.54) is 6.07 Å². The van der Waals surface area contributed by atoms with Crippen LogP contribution in [0.2, 0.25) is 0 Å². The van der Waals surface area contributed by atoms with Crippen molar-refractivity contribution in [1.29, 1.82) is 0 Å². The standard InChI is InChI=1S/C33H44F3N3O5/c1-22(2)38(32(41)24-9-12-29(43-4)30(17-24)44-14-6-13-42-3)20-25-18-37-19-26(25)21-39(28-10-11-28)31(40)16-23-7-5-8-27(15-23)33(34,35)36/h5,7-9,12,15,17,22,25-26,28,37H,6,10-11,13-14,16,18-21H2,1-4H3/t25-,26+/m0/s1. The first-order valence-electron chi connectivity index (χ1n) is 15.3. The topological polar surface area (TPSA) is 80.3 Å². The van der Waals surface area contributed by atoms with Crippen LogP contribution in [0.4, 0.5) is 13.2 Å². The third-order valence-electron chi connectivity index (χ3n) is 8.30. The first-order chi connectivity index (χ1) is 21.0. The van der Waals surface area contributed by atoms with Crippen LogP contribution in [-0.4, -0.2) is 87.3 Å². The molecule has 1 saturated heterocycles. The Morgan fingerprint density at radius 3 is 2.34 bits per heavy atom. The van der Waals surface area contributed by atoms with Gasteiger partial charge in [0.2, 0.25) is 5.91 Å². The predicted octanol–water partition coefficient (Wildman–Crippen LogP) is 5.05. The minimum absolute atomic E-state index is 0.0704. The highest BCUT2D eigenvalue weighted by Crippen LogP contribution is 2.33. The Morgan fingerprint density at radius 1 is 0.977 bits per heavy atom. The molecule has 4 rings (SSSR count). The monoisotopic (exact) mass is 619 g/mol. The number of amides is 2. The van der Waals surface area contributed by atoms with E-state index in [0.29, 0.717) is 68.4 Å². The molecule has 2 aromatic carbocycles. The van der Waals surface area contributed by atoms with E-state index in [-0.39, 0.29) is 42.2 Å². The number of halogens is 3. The maximum Gasteiger partial charge on any atom is 0.416 e. The molecule has 0 unspecified atom stereocenters. The fraction of sp³-hybridized carbons (Fsp3) is 0.576. The van der Waals surface area contributed by atoms with Crippen LogP contribution >= 0.6 is 0 Å². The maximum absolute atomic E-state index is 13.8. The average molecular weight is 620 g/mol. The van der Waals surface area contributed by atoms with Gasteiger partial charge in [-0.3, -0.25) is 9.59 Å². The molecule has 11 heteroatoms. The Kier molecular flexibility index (Phi) is 11.5. The van der Waals surface area contributed by atoms with Crippen LogP contribution in [0.1, 0.15) is 54.6 Å². The van der Waals surface area contributed by atoms with Gasteiger partial charge in [0.05, 0.1) is 25.7 Å². The summed E-state index contributed by atoms with van der Waals surface area (Å²) in [6.07, 6.45) is -2.05. The van der Waals surface area contributed by atoms with Crippen molar-refractivity contribution in [2.45, 2.75) is 57.8 Å². The van der Waals surface area contributed by atoms with Crippen molar-refractivity contribution in [3.05, 3.63) is 59.2 Å². The Hall–Kier alpha value is -3.31. The fourth-order valence-electron chi connectivity index (χ4n) is 5.70. The smallest absolute Gasteiger partial charge is 0.416 e. The highest BCUT2D eigenvalue weighted by atomic mass is 19.4. The molecule has 8 nitrogen and oxygen atoms in total. The van der Waals surface area contributed by atoms with Crippen LogP contribution in [0.15, 0.2) is 42.5 Å². The van der Waals surface area contributed by atoms with E-state index in [2.05, 4.69) is 5.32 Å². The minimum Gasteiger partial charge on any atom is -0.493 e. The molecule has 2 aromatic rings. The molecule has 1 aliphatic carbocycles. The number of nitrogens with one attached hydrogen (secondary N) is 1. The minimum atomic E-state index is -4.46. The molecule has 2 fully saturated rings. The lowest BCUT2D eigenvalue weighted by molar-refractivity contribution is -0.138. The van der Waals surface area contributed by atoms with E-state index in [1.807, 2.05) is 23.6 Å². The number of nitrogens with zero attached hydrogens (tertiary/aromatic N) is 2. The fourth-order valence-corrected chi connectivity index (χ4v) is 5.70. The number of ether oxygens (including phenoxy) is 3. The zero-order valence-electron chi connectivity index (χ0n) is 26.0. The Bertz CT molecular complexity index is 1270. The molecular weight excluding hydrogens is 575 g/mol. The summed E-state index contributed by atoms with van der Waals surface area (Å²) in [5.74, 6) is 0.973. The third kappa shape index (κ3) is 8.88. The molecule has 242 valence electrons. The molecule has 1 saturated carbocycles. The predicted molar refractivity (Wildman–Crippen MR) is 161 cm³/mol. The molecular formula is C33H44F3N3O5. The van der Waals surface area contributed by atoms with E-state index in [0.717, 1.165) is 25.0 Å². The Labute approximate surface area is 257 Å². The highest BCUT2D eigenvalue weighted by molar-refractivity contribution is 5.95. The summed E-state index contributed by atoms with van der Waals surface area (Å²) in [6.45, 7) is 7.37. The second kappa shape index (κ2) is 15.1. The van der Waals surface area contributed by atoms with Gasteiger partial charge in [-0.15, -0.1) is 0 Å². The number of carbonyl (C=O) groups excluding carboxylic acids is 2. The highest BCUT2D eigenvalue weighted by Gasteiger charge is 2.39. The van der Waals surface area contributed by atoms with Crippen molar-refractivity contribution in [2.75, 3.05) is 53.6 Å². The molecule has 0 aromatic heterocycles. The van der Waals surface area contributed by atoms with Crippen molar-refractivity contribution in [3.63, 3.8) is 0 Å². The van der Waals surface area contributed by atoms with Crippen molar-refractivity contribution in [2.24, 2.45) is 11.8 Å². The van der Waals surface area contributed by atoms with Gasteiger partial charge in [-0.2, -0.15) is 13.2 Å². The van der Waals surface area contributed by atoms with Crippen LogP contribution < -0.4 is 14.8 Å². The van der Waals surface area contributed by atoms with Crippen molar-refractivity contribution >= 4 is 11.8 Å². The third-order valence-corrected chi connectivity index (χ3v) is 8.30. The molecule has 0 radical (unpaired) electrons. The van der Waals surface area contributed by atoms with E-state index in [4.69, 9.17) is 14.2 Å². The van der Waals surface area contributed by atoms with Crippen LogP contribution in [0.5, 0.6) is 11.5 Å². The first-order valence-corrected chi connectivity index (χ1v) is 15.3. The quantitative estimate of drug-likeness (QED) is 0.281. The molecule has 0 spiro atoms. The number of hydrogen-bond acceptors (Lipinski definition) is 6. The first kappa shape index (κ1) is 33.6. The molecule has 1 heterocycles. The number of benzene rings is 2. The molecule has 0 bridgehead atoms. The summed E-state index contributed by atoms with van der Waals surface area (Å²) < 4.78 is 56.1. The van der Waals surface area contributed by atoms with Crippen molar-refractivity contribution in [1.82, 2.24) is 15.1 Å². The summed E-state index contributed by atoms with van der Waals surface area (Å²) >= 11 is 0. The number of methoxy groups -OCH3 is 2. The van der Waals surface area contributed by atoms with E-state index < -0.39 is 11.7 Å².